The number of piperidine rings is 1. The Kier molecular flexibility index (Phi) is 6.71. The molecule has 1 aromatic heterocycles. The third kappa shape index (κ3) is 5.16. The second-order valence-corrected chi connectivity index (χ2v) is 8.78. The summed E-state index contributed by atoms with van der Waals surface area (Å²) in [4.78, 5) is 14.9. The molecule has 1 fully saturated rings. The van der Waals surface area contributed by atoms with Gasteiger partial charge in [-0.3, -0.25) is 9.69 Å². The number of fused-ring (bicyclic) bond motifs is 1. The van der Waals surface area contributed by atoms with Crippen LogP contribution >= 0.6 is 0 Å². The zero-order valence-corrected chi connectivity index (χ0v) is 18.5. The van der Waals surface area contributed by atoms with Crippen LogP contribution in [0, 0.1) is 11.7 Å². The van der Waals surface area contributed by atoms with E-state index in [1.807, 2.05) is 12.1 Å². The van der Waals surface area contributed by atoms with Gasteiger partial charge in [-0.05, 0) is 74.5 Å². The molecule has 2 aromatic carbocycles. The van der Waals surface area contributed by atoms with Gasteiger partial charge in [-0.25, -0.2) is 4.39 Å². The van der Waals surface area contributed by atoms with E-state index in [-0.39, 0.29) is 23.7 Å². The number of aromatic nitrogens is 1. The van der Waals surface area contributed by atoms with Gasteiger partial charge in [0.15, 0.2) is 0 Å². The average molecular weight is 422 g/mol. The quantitative estimate of drug-likeness (QED) is 0.586. The first-order valence-electron chi connectivity index (χ1n) is 11.4. The van der Waals surface area contributed by atoms with E-state index in [1.54, 1.807) is 0 Å². The van der Waals surface area contributed by atoms with Crippen molar-refractivity contribution in [2.24, 2.45) is 5.92 Å². The number of benzene rings is 2. The molecular weight excluding hydrogens is 389 g/mol. The number of rotatable bonds is 7. The number of halogens is 1. The molecular formula is C26H32FN3O. The number of hydrogen-bond donors (Lipinski definition) is 1. The first-order valence-corrected chi connectivity index (χ1v) is 11.4. The summed E-state index contributed by atoms with van der Waals surface area (Å²) in [7, 11) is 0. The predicted molar refractivity (Wildman–Crippen MR) is 123 cm³/mol. The highest BCUT2D eigenvalue weighted by molar-refractivity contribution is 5.81. The minimum absolute atomic E-state index is 0.121. The van der Waals surface area contributed by atoms with Gasteiger partial charge in [0.1, 0.15) is 5.82 Å². The van der Waals surface area contributed by atoms with Gasteiger partial charge in [0.2, 0.25) is 5.91 Å². The Hall–Kier alpha value is -2.66. The second-order valence-electron chi connectivity index (χ2n) is 8.78. The van der Waals surface area contributed by atoms with Crippen LogP contribution in [0.2, 0.25) is 0 Å². The van der Waals surface area contributed by atoms with E-state index in [1.165, 1.54) is 28.7 Å². The van der Waals surface area contributed by atoms with Crippen LogP contribution in [0.3, 0.4) is 0 Å². The SMILES string of the molecule is CC[C@@H](C)NC(=O)C1CCN(Cc2cc3ccccc3n2Cc2ccc(F)cc2)CC1. The van der Waals surface area contributed by atoms with Gasteiger partial charge >= 0.3 is 0 Å². The summed E-state index contributed by atoms with van der Waals surface area (Å²) >= 11 is 0. The van der Waals surface area contributed by atoms with Crippen molar-refractivity contribution >= 4 is 16.8 Å². The maximum absolute atomic E-state index is 13.3. The molecule has 0 saturated carbocycles. The number of nitrogens with zero attached hydrogens (tertiary/aromatic N) is 2. The van der Waals surface area contributed by atoms with Gasteiger partial charge in [0.05, 0.1) is 0 Å². The fraction of sp³-hybridized carbons (Fsp3) is 0.423. The maximum atomic E-state index is 13.3. The number of para-hydroxylation sites is 1. The smallest absolute Gasteiger partial charge is 0.223 e. The van der Waals surface area contributed by atoms with Gasteiger partial charge in [-0.1, -0.05) is 37.3 Å². The Morgan fingerprint density at radius 3 is 2.52 bits per heavy atom. The summed E-state index contributed by atoms with van der Waals surface area (Å²) in [5, 5.41) is 4.36. The lowest BCUT2D eigenvalue weighted by molar-refractivity contribution is -0.127. The van der Waals surface area contributed by atoms with Crippen molar-refractivity contribution < 1.29 is 9.18 Å². The summed E-state index contributed by atoms with van der Waals surface area (Å²) in [6.07, 6.45) is 2.77. The molecule has 0 unspecified atom stereocenters. The molecule has 1 aliphatic heterocycles. The Morgan fingerprint density at radius 1 is 1.10 bits per heavy atom. The molecule has 1 saturated heterocycles. The molecule has 0 bridgehead atoms. The minimum atomic E-state index is -0.207. The monoisotopic (exact) mass is 421 g/mol. The Balaban J connectivity index is 1.46. The van der Waals surface area contributed by atoms with E-state index in [2.05, 4.69) is 59.0 Å². The fourth-order valence-electron chi connectivity index (χ4n) is 4.40. The molecule has 0 spiro atoms. The van der Waals surface area contributed by atoms with Crippen LogP contribution in [0.5, 0.6) is 0 Å². The zero-order chi connectivity index (χ0) is 21.8. The van der Waals surface area contributed by atoms with Crippen LogP contribution in [0.1, 0.15) is 44.4 Å². The molecule has 1 atom stereocenters. The van der Waals surface area contributed by atoms with Gasteiger partial charge in [-0.2, -0.15) is 0 Å². The van der Waals surface area contributed by atoms with Crippen molar-refractivity contribution in [2.45, 2.75) is 52.2 Å². The van der Waals surface area contributed by atoms with Crippen molar-refractivity contribution in [3.8, 4) is 0 Å². The average Bonchev–Trinajstić information content (AvgIpc) is 3.12. The van der Waals surface area contributed by atoms with E-state index >= 15 is 0 Å². The number of carbonyl (C=O) groups is 1. The lowest BCUT2D eigenvalue weighted by Crippen LogP contribution is -2.42. The second kappa shape index (κ2) is 9.65. The highest BCUT2D eigenvalue weighted by atomic mass is 19.1. The molecule has 5 heteroatoms. The van der Waals surface area contributed by atoms with Gasteiger partial charge in [0.25, 0.3) is 0 Å². The molecule has 2 heterocycles. The molecule has 4 nitrogen and oxygen atoms in total. The van der Waals surface area contributed by atoms with Crippen LogP contribution in [-0.4, -0.2) is 34.5 Å². The third-order valence-electron chi connectivity index (χ3n) is 6.50. The standard InChI is InChI=1S/C26H32FN3O/c1-3-19(2)28-26(31)21-12-14-29(15-13-21)18-24-16-22-6-4-5-7-25(22)30(24)17-20-8-10-23(27)11-9-20/h4-11,16,19,21H,3,12-15,17-18H2,1-2H3,(H,28,31)/t19-/m1/s1. The van der Waals surface area contributed by atoms with E-state index in [4.69, 9.17) is 0 Å². The van der Waals surface area contributed by atoms with Crippen LogP contribution < -0.4 is 5.32 Å². The minimum Gasteiger partial charge on any atom is -0.353 e. The lowest BCUT2D eigenvalue weighted by Gasteiger charge is -2.32. The third-order valence-corrected chi connectivity index (χ3v) is 6.50. The molecule has 0 radical (unpaired) electrons. The summed E-state index contributed by atoms with van der Waals surface area (Å²) in [6.45, 7) is 7.59. The molecule has 4 rings (SSSR count). The molecule has 0 aliphatic carbocycles. The van der Waals surface area contributed by atoms with E-state index in [0.717, 1.165) is 51.0 Å². The Bertz CT molecular complexity index is 1020. The van der Waals surface area contributed by atoms with Crippen molar-refractivity contribution in [1.82, 2.24) is 14.8 Å². The summed E-state index contributed by atoms with van der Waals surface area (Å²) in [6, 6.07) is 17.7. The first-order chi connectivity index (χ1) is 15.0. The Labute approximate surface area is 184 Å². The normalized spacial score (nSPS) is 16.5. The van der Waals surface area contributed by atoms with Crippen LogP contribution in [0.25, 0.3) is 10.9 Å². The molecule has 3 aromatic rings. The highest BCUT2D eigenvalue weighted by Crippen LogP contribution is 2.25. The molecule has 164 valence electrons. The largest absolute Gasteiger partial charge is 0.353 e. The van der Waals surface area contributed by atoms with E-state index in [0.29, 0.717) is 0 Å². The number of nitrogens with one attached hydrogen (secondary N) is 1. The number of amides is 1. The molecule has 31 heavy (non-hydrogen) atoms. The number of hydrogen-bond acceptors (Lipinski definition) is 2. The van der Waals surface area contributed by atoms with Crippen LogP contribution in [-0.2, 0) is 17.9 Å². The van der Waals surface area contributed by atoms with Crippen molar-refractivity contribution in [3.05, 3.63) is 71.7 Å². The highest BCUT2D eigenvalue weighted by Gasteiger charge is 2.26. The summed E-state index contributed by atoms with van der Waals surface area (Å²) in [5.41, 5.74) is 3.54. The number of likely N-dealkylation sites (tertiary alicyclic amines) is 1. The van der Waals surface area contributed by atoms with Crippen molar-refractivity contribution in [3.63, 3.8) is 0 Å². The summed E-state index contributed by atoms with van der Waals surface area (Å²) in [5.74, 6) is 0.122. The molecule has 1 aliphatic rings. The summed E-state index contributed by atoms with van der Waals surface area (Å²) < 4.78 is 15.7. The predicted octanol–water partition coefficient (Wildman–Crippen LogP) is 4.96. The molecule has 1 N–H and O–H groups in total. The Morgan fingerprint density at radius 2 is 1.81 bits per heavy atom. The number of carbonyl (C=O) groups excluding carboxylic acids is 1. The van der Waals surface area contributed by atoms with Crippen molar-refractivity contribution in [1.29, 1.82) is 0 Å². The van der Waals surface area contributed by atoms with E-state index in [9.17, 15) is 9.18 Å². The van der Waals surface area contributed by atoms with Crippen LogP contribution in [0.15, 0.2) is 54.6 Å². The van der Waals surface area contributed by atoms with E-state index < -0.39 is 0 Å². The van der Waals surface area contributed by atoms with Gasteiger partial charge in [0, 0.05) is 36.3 Å². The lowest BCUT2D eigenvalue weighted by atomic mass is 9.95. The zero-order valence-electron chi connectivity index (χ0n) is 18.5. The van der Waals surface area contributed by atoms with Crippen molar-refractivity contribution in [2.75, 3.05) is 13.1 Å². The van der Waals surface area contributed by atoms with Crippen LogP contribution in [0.4, 0.5) is 4.39 Å². The maximum Gasteiger partial charge on any atom is 0.223 e. The van der Waals surface area contributed by atoms with Gasteiger partial charge < -0.3 is 9.88 Å². The fourth-order valence-corrected chi connectivity index (χ4v) is 4.40. The van der Waals surface area contributed by atoms with Gasteiger partial charge in [-0.15, -0.1) is 0 Å². The first kappa shape index (κ1) is 21.6. The topological polar surface area (TPSA) is 37.3 Å². The molecule has 1 amide bonds.